The number of aliphatic hydroxyl groups excluding tert-OH is 1. The molecule has 0 aliphatic carbocycles. The molecule has 196 valence electrons. The fourth-order valence-electron chi connectivity index (χ4n) is 6.29. The average Bonchev–Trinajstić information content (AvgIpc) is 3.50. The van der Waals surface area contributed by atoms with Crippen molar-refractivity contribution in [2.75, 3.05) is 13.2 Å². The summed E-state index contributed by atoms with van der Waals surface area (Å²) in [7, 11) is 0. The predicted octanol–water partition coefficient (Wildman–Crippen LogP) is 2.93. The predicted molar refractivity (Wildman–Crippen MR) is 145 cm³/mol. The van der Waals surface area contributed by atoms with E-state index in [2.05, 4.69) is 21.2 Å². The summed E-state index contributed by atoms with van der Waals surface area (Å²) in [5, 5.41) is 13.4. The molecule has 37 heavy (non-hydrogen) atoms. The molecule has 3 aliphatic rings. The van der Waals surface area contributed by atoms with Crippen molar-refractivity contribution in [2.24, 2.45) is 11.8 Å². The van der Waals surface area contributed by atoms with E-state index in [9.17, 15) is 19.5 Å². The molecule has 3 fully saturated rings. The van der Waals surface area contributed by atoms with Crippen molar-refractivity contribution in [2.45, 2.75) is 53.2 Å². The molecule has 2 aromatic rings. The highest BCUT2D eigenvalue weighted by molar-refractivity contribution is 9.09. The summed E-state index contributed by atoms with van der Waals surface area (Å²) in [6.45, 7) is 2.02. The average molecular weight is 588 g/mol. The third-order valence-corrected chi connectivity index (χ3v) is 11.0. The van der Waals surface area contributed by atoms with Gasteiger partial charge in [0.1, 0.15) is 6.04 Å². The molecule has 3 saturated heterocycles. The first kappa shape index (κ1) is 26.3. The number of ether oxygens (including phenoxy) is 1. The minimum Gasteiger partial charge on any atom is -0.466 e. The number of rotatable bonds is 9. The maximum atomic E-state index is 14.2. The molecule has 0 aromatic heterocycles. The van der Waals surface area contributed by atoms with Crippen molar-refractivity contribution >= 4 is 45.5 Å². The number of fused-ring (bicyclic) bond motifs is 1. The van der Waals surface area contributed by atoms with Gasteiger partial charge in [0.2, 0.25) is 11.8 Å². The smallest absolute Gasteiger partial charge is 0.310 e. The third kappa shape index (κ3) is 4.59. The molecule has 7 nitrogen and oxygen atoms in total. The molecular weight excluding hydrogens is 556 g/mol. The summed E-state index contributed by atoms with van der Waals surface area (Å²) in [6, 6.07) is 17.8. The zero-order chi connectivity index (χ0) is 26.2. The standard InChI is InChI=1S/C28H31BrN2O5S/c1-2-36-27(35)21-22-26(34)31(19(16-32)13-17-9-5-3-6-10-17)24(28(22)14-20(29)23(21)37-28)25(33)30-15-18-11-7-4-8-12-18/h3-12,19-24,32H,2,13-16H2,1H3,(H,30,33)/t19-,20?,21+,22+,23+,24?,28?/m1/s1. The van der Waals surface area contributed by atoms with E-state index in [1.807, 2.05) is 60.7 Å². The summed E-state index contributed by atoms with van der Waals surface area (Å²) in [6.07, 6.45) is 0.988. The molecule has 7 atom stereocenters. The Labute approximate surface area is 229 Å². The van der Waals surface area contributed by atoms with Crippen LogP contribution in [0.2, 0.25) is 0 Å². The van der Waals surface area contributed by atoms with E-state index in [1.165, 1.54) is 0 Å². The van der Waals surface area contributed by atoms with Crippen LogP contribution in [-0.4, -0.2) is 67.9 Å². The topological polar surface area (TPSA) is 95.9 Å². The Morgan fingerprint density at radius 1 is 1.16 bits per heavy atom. The Hall–Kier alpha value is -2.36. The minimum absolute atomic E-state index is 0.0259. The maximum Gasteiger partial charge on any atom is 0.310 e. The van der Waals surface area contributed by atoms with Gasteiger partial charge in [0.05, 0.1) is 35.8 Å². The van der Waals surface area contributed by atoms with E-state index in [0.29, 0.717) is 19.4 Å². The molecule has 3 aliphatic heterocycles. The molecular formula is C28H31BrN2O5S. The second-order valence-electron chi connectivity index (χ2n) is 9.89. The number of likely N-dealkylation sites (tertiary alicyclic amines) is 1. The highest BCUT2D eigenvalue weighted by Crippen LogP contribution is 2.68. The number of carbonyl (C=O) groups is 3. The SMILES string of the molecule is CCOC(=O)[C@H]1[C@H]2C(=O)N([C@@H](CO)Cc3ccccc3)C(C(=O)NCc3ccccc3)C23CC(Br)[C@@H]1S3. The van der Waals surface area contributed by atoms with E-state index in [1.54, 1.807) is 23.6 Å². The summed E-state index contributed by atoms with van der Waals surface area (Å²) < 4.78 is 4.63. The lowest BCUT2D eigenvalue weighted by molar-refractivity contribution is -0.154. The summed E-state index contributed by atoms with van der Waals surface area (Å²) in [4.78, 5) is 42.8. The highest BCUT2D eigenvalue weighted by Gasteiger charge is 2.76. The largest absolute Gasteiger partial charge is 0.466 e. The number of esters is 1. The molecule has 0 radical (unpaired) electrons. The molecule has 2 bridgehead atoms. The van der Waals surface area contributed by atoms with E-state index in [0.717, 1.165) is 11.1 Å². The quantitative estimate of drug-likeness (QED) is 0.346. The summed E-state index contributed by atoms with van der Waals surface area (Å²) in [5.41, 5.74) is 1.92. The van der Waals surface area contributed by atoms with Crippen LogP contribution in [0.3, 0.4) is 0 Å². The lowest BCUT2D eigenvalue weighted by Crippen LogP contribution is -2.57. The Balaban J connectivity index is 1.52. The molecule has 1 spiro atoms. The highest BCUT2D eigenvalue weighted by atomic mass is 79.9. The van der Waals surface area contributed by atoms with Crippen LogP contribution in [0, 0.1) is 11.8 Å². The number of thioether (sulfide) groups is 1. The number of halogens is 1. The number of hydrogen-bond acceptors (Lipinski definition) is 6. The van der Waals surface area contributed by atoms with Crippen LogP contribution in [0.15, 0.2) is 60.7 Å². The Bertz CT molecular complexity index is 1150. The van der Waals surface area contributed by atoms with Crippen LogP contribution >= 0.6 is 27.7 Å². The lowest BCUT2D eigenvalue weighted by atomic mass is 9.71. The van der Waals surface area contributed by atoms with Crippen molar-refractivity contribution in [3.63, 3.8) is 0 Å². The molecule has 2 aromatic carbocycles. The van der Waals surface area contributed by atoms with Crippen molar-refractivity contribution in [1.82, 2.24) is 10.2 Å². The van der Waals surface area contributed by atoms with Gasteiger partial charge in [-0.2, -0.15) is 0 Å². The molecule has 2 N–H and O–H groups in total. The first-order valence-corrected chi connectivity index (χ1v) is 14.5. The van der Waals surface area contributed by atoms with Crippen LogP contribution in [0.5, 0.6) is 0 Å². The minimum atomic E-state index is -0.816. The molecule has 3 heterocycles. The Kier molecular flexibility index (Phi) is 7.65. The van der Waals surface area contributed by atoms with Crippen molar-refractivity contribution in [1.29, 1.82) is 0 Å². The molecule has 2 amide bonds. The fraction of sp³-hybridized carbons (Fsp3) is 0.464. The number of amides is 2. The Morgan fingerprint density at radius 3 is 2.43 bits per heavy atom. The summed E-state index contributed by atoms with van der Waals surface area (Å²) in [5.74, 6) is -2.21. The number of aliphatic hydroxyl groups is 1. The van der Waals surface area contributed by atoms with Crippen LogP contribution < -0.4 is 5.32 Å². The number of benzene rings is 2. The van der Waals surface area contributed by atoms with Gasteiger partial charge < -0.3 is 20.1 Å². The first-order valence-electron chi connectivity index (χ1n) is 12.7. The monoisotopic (exact) mass is 586 g/mol. The summed E-state index contributed by atoms with van der Waals surface area (Å²) >= 11 is 5.31. The van der Waals surface area contributed by atoms with Crippen molar-refractivity contribution in [3.8, 4) is 0 Å². The van der Waals surface area contributed by atoms with Crippen LogP contribution in [0.25, 0.3) is 0 Å². The van der Waals surface area contributed by atoms with E-state index < -0.39 is 34.6 Å². The van der Waals surface area contributed by atoms with Gasteiger partial charge in [0.25, 0.3) is 0 Å². The third-order valence-electron chi connectivity index (χ3n) is 7.76. The fourth-order valence-corrected chi connectivity index (χ4v) is 9.87. The van der Waals surface area contributed by atoms with Crippen molar-refractivity contribution < 1.29 is 24.2 Å². The van der Waals surface area contributed by atoms with Gasteiger partial charge in [-0.15, -0.1) is 11.8 Å². The molecule has 0 saturated carbocycles. The Morgan fingerprint density at radius 2 is 1.81 bits per heavy atom. The number of nitrogens with one attached hydrogen (secondary N) is 1. The van der Waals surface area contributed by atoms with Gasteiger partial charge >= 0.3 is 5.97 Å². The first-order chi connectivity index (χ1) is 17.9. The molecule has 5 rings (SSSR count). The van der Waals surface area contributed by atoms with E-state index >= 15 is 0 Å². The molecule has 9 heteroatoms. The second kappa shape index (κ2) is 10.8. The molecule has 3 unspecified atom stereocenters. The lowest BCUT2D eigenvalue weighted by Gasteiger charge is -2.37. The van der Waals surface area contributed by atoms with Gasteiger partial charge in [0.15, 0.2) is 0 Å². The normalized spacial score (nSPS) is 30.7. The van der Waals surface area contributed by atoms with Gasteiger partial charge in [-0.25, -0.2) is 0 Å². The number of nitrogens with zero attached hydrogens (tertiary/aromatic N) is 1. The zero-order valence-electron chi connectivity index (χ0n) is 20.6. The van der Waals surface area contributed by atoms with Gasteiger partial charge in [-0.05, 0) is 30.9 Å². The van der Waals surface area contributed by atoms with Crippen LogP contribution in [0.4, 0.5) is 0 Å². The van der Waals surface area contributed by atoms with Gasteiger partial charge in [-0.1, -0.05) is 76.6 Å². The zero-order valence-corrected chi connectivity index (χ0v) is 23.0. The number of carbonyl (C=O) groups excluding carboxylic acids is 3. The van der Waals surface area contributed by atoms with Crippen LogP contribution in [-0.2, 0) is 32.1 Å². The van der Waals surface area contributed by atoms with Gasteiger partial charge in [0, 0.05) is 16.6 Å². The number of hydrogen-bond donors (Lipinski definition) is 2. The number of alkyl halides is 1. The second-order valence-corrected chi connectivity index (χ2v) is 12.6. The van der Waals surface area contributed by atoms with E-state index in [-0.39, 0.29) is 35.1 Å². The van der Waals surface area contributed by atoms with E-state index in [4.69, 9.17) is 4.74 Å². The maximum absolute atomic E-state index is 14.2. The van der Waals surface area contributed by atoms with Crippen LogP contribution in [0.1, 0.15) is 24.5 Å². The van der Waals surface area contributed by atoms with Crippen molar-refractivity contribution in [3.05, 3.63) is 71.8 Å². The van der Waals surface area contributed by atoms with Gasteiger partial charge in [-0.3, -0.25) is 14.4 Å².